The molecule has 0 saturated carbocycles. The van der Waals surface area contributed by atoms with E-state index in [1.54, 1.807) is 47.0 Å². The molecule has 6 nitrogen and oxygen atoms in total. The molecule has 4 aromatic rings. The van der Waals surface area contributed by atoms with Crippen LogP contribution in [0.3, 0.4) is 0 Å². The Morgan fingerprint density at radius 3 is 2.50 bits per heavy atom. The van der Waals surface area contributed by atoms with E-state index in [0.29, 0.717) is 33.7 Å². The first-order valence-corrected chi connectivity index (χ1v) is 8.26. The number of rotatable bonds is 4. The van der Waals surface area contributed by atoms with Crippen LogP contribution in [-0.4, -0.2) is 25.6 Å². The van der Waals surface area contributed by atoms with Crippen molar-refractivity contribution >= 4 is 23.0 Å². The second-order valence-electron chi connectivity index (χ2n) is 5.63. The molecule has 0 spiro atoms. The highest BCUT2D eigenvalue weighted by atomic mass is 35.5. The van der Waals surface area contributed by atoms with Crippen molar-refractivity contribution in [2.75, 3.05) is 0 Å². The number of hydrogen-bond donors (Lipinski definition) is 0. The third kappa shape index (κ3) is 3.02. The smallest absolute Gasteiger partial charge is 0.237 e. The zero-order valence-electron chi connectivity index (χ0n) is 13.8. The zero-order chi connectivity index (χ0) is 18.1. The lowest BCUT2D eigenvalue weighted by Crippen LogP contribution is -1.98. The van der Waals surface area contributed by atoms with E-state index in [9.17, 15) is 4.79 Å². The summed E-state index contributed by atoms with van der Waals surface area (Å²) >= 11 is 6.26. The van der Waals surface area contributed by atoms with Gasteiger partial charge in [-0.1, -0.05) is 23.7 Å². The van der Waals surface area contributed by atoms with Gasteiger partial charge in [0.25, 0.3) is 0 Å². The molecule has 2 aromatic heterocycles. The van der Waals surface area contributed by atoms with Gasteiger partial charge in [-0.15, -0.1) is 15.3 Å². The van der Waals surface area contributed by atoms with Gasteiger partial charge in [-0.25, -0.2) is 0 Å². The van der Waals surface area contributed by atoms with Crippen molar-refractivity contribution in [1.29, 1.82) is 0 Å². The maximum absolute atomic E-state index is 11.4. The van der Waals surface area contributed by atoms with Gasteiger partial charge >= 0.3 is 0 Å². The molecule has 0 atom stereocenters. The number of carbonyl (C=O) groups excluding carboxylic acids is 1. The Morgan fingerprint density at radius 2 is 1.77 bits per heavy atom. The van der Waals surface area contributed by atoms with E-state index < -0.39 is 0 Å². The van der Waals surface area contributed by atoms with Gasteiger partial charge in [0.2, 0.25) is 5.88 Å². The summed E-state index contributed by atoms with van der Waals surface area (Å²) in [7, 11) is 0. The van der Waals surface area contributed by atoms with Gasteiger partial charge in [-0.3, -0.25) is 4.79 Å². The molecule has 0 N–H and O–H groups in total. The van der Waals surface area contributed by atoms with E-state index >= 15 is 0 Å². The van der Waals surface area contributed by atoms with Crippen molar-refractivity contribution in [1.82, 2.24) is 19.8 Å². The molecule has 128 valence electrons. The molecule has 0 saturated heterocycles. The van der Waals surface area contributed by atoms with E-state index in [0.717, 1.165) is 5.56 Å². The van der Waals surface area contributed by atoms with E-state index in [4.69, 9.17) is 16.3 Å². The number of hydrogen-bond acceptors (Lipinski definition) is 5. The lowest BCUT2D eigenvalue weighted by molar-refractivity contribution is 0.101. The predicted molar refractivity (Wildman–Crippen MR) is 97.7 cm³/mol. The molecule has 0 unspecified atom stereocenters. The van der Waals surface area contributed by atoms with Crippen LogP contribution < -0.4 is 4.74 Å². The minimum Gasteiger partial charge on any atom is -0.438 e. The molecule has 4 rings (SSSR count). The third-order valence-electron chi connectivity index (χ3n) is 3.84. The Bertz CT molecular complexity index is 1110. The Labute approximate surface area is 154 Å². The topological polar surface area (TPSA) is 69.4 Å². The SMILES string of the molecule is CC(=O)c1ccc(Oc2ccc3nnc(-c4ccccc4Cl)n3n2)cc1. The standard InChI is InChI=1S/C19H13ClN4O2/c1-12(25)13-6-8-14(9-7-13)26-18-11-10-17-21-22-19(24(17)23-18)15-4-2-3-5-16(15)20/h2-11H,1H3. The highest BCUT2D eigenvalue weighted by Gasteiger charge is 2.13. The second-order valence-corrected chi connectivity index (χ2v) is 6.03. The molecule has 0 aliphatic heterocycles. The summed E-state index contributed by atoms with van der Waals surface area (Å²) in [5, 5.41) is 13.3. The molecule has 2 heterocycles. The summed E-state index contributed by atoms with van der Waals surface area (Å²) in [5.74, 6) is 1.49. The second kappa shape index (κ2) is 6.57. The van der Waals surface area contributed by atoms with Gasteiger partial charge in [0.05, 0.1) is 5.02 Å². The van der Waals surface area contributed by atoms with E-state index in [-0.39, 0.29) is 5.78 Å². The van der Waals surface area contributed by atoms with Crippen molar-refractivity contribution in [3.8, 4) is 23.0 Å². The number of Topliss-reactive ketones (excluding diaryl/α,β-unsaturated/α-hetero) is 1. The van der Waals surface area contributed by atoms with Gasteiger partial charge in [-0.05, 0) is 49.4 Å². The maximum atomic E-state index is 11.4. The molecule has 0 bridgehead atoms. The average Bonchev–Trinajstić information content (AvgIpc) is 3.06. The van der Waals surface area contributed by atoms with Crippen LogP contribution in [0.1, 0.15) is 17.3 Å². The number of nitrogens with zero attached hydrogens (tertiary/aromatic N) is 4. The molecular formula is C19H13ClN4O2. The molecule has 2 aromatic carbocycles. The number of halogens is 1. The Kier molecular flexibility index (Phi) is 4.10. The van der Waals surface area contributed by atoms with Crippen LogP contribution in [-0.2, 0) is 0 Å². The molecule has 26 heavy (non-hydrogen) atoms. The van der Waals surface area contributed by atoms with Crippen LogP contribution >= 0.6 is 11.6 Å². The first kappa shape index (κ1) is 16.2. The zero-order valence-corrected chi connectivity index (χ0v) is 14.5. The monoisotopic (exact) mass is 364 g/mol. The van der Waals surface area contributed by atoms with Gasteiger partial charge in [0.1, 0.15) is 5.75 Å². The number of carbonyl (C=O) groups is 1. The third-order valence-corrected chi connectivity index (χ3v) is 4.17. The summed E-state index contributed by atoms with van der Waals surface area (Å²) < 4.78 is 7.36. The van der Waals surface area contributed by atoms with Crippen LogP contribution in [0, 0.1) is 0 Å². The van der Waals surface area contributed by atoms with Crippen LogP contribution in [0.15, 0.2) is 60.7 Å². The first-order valence-electron chi connectivity index (χ1n) is 7.88. The van der Waals surface area contributed by atoms with Crippen molar-refractivity contribution in [2.24, 2.45) is 0 Å². The van der Waals surface area contributed by atoms with Crippen molar-refractivity contribution in [3.05, 3.63) is 71.2 Å². The molecule has 0 radical (unpaired) electrons. The van der Waals surface area contributed by atoms with Crippen LogP contribution in [0.25, 0.3) is 17.0 Å². The van der Waals surface area contributed by atoms with Gasteiger partial charge in [0.15, 0.2) is 17.3 Å². The van der Waals surface area contributed by atoms with Crippen LogP contribution in [0.4, 0.5) is 0 Å². The number of ketones is 1. The summed E-state index contributed by atoms with van der Waals surface area (Å²) in [6.45, 7) is 1.52. The quantitative estimate of drug-likeness (QED) is 0.501. The molecule has 0 fully saturated rings. The minimum atomic E-state index is 0.00460. The predicted octanol–water partition coefficient (Wildman–Crippen LogP) is 4.44. The summed E-state index contributed by atoms with van der Waals surface area (Å²) in [4.78, 5) is 11.4. The first-order chi connectivity index (χ1) is 12.6. The molecule has 0 amide bonds. The van der Waals surface area contributed by atoms with Crippen molar-refractivity contribution < 1.29 is 9.53 Å². The molecule has 7 heteroatoms. The van der Waals surface area contributed by atoms with Crippen molar-refractivity contribution in [2.45, 2.75) is 6.92 Å². The van der Waals surface area contributed by atoms with E-state index in [2.05, 4.69) is 15.3 Å². The number of ether oxygens (including phenoxy) is 1. The fourth-order valence-corrected chi connectivity index (χ4v) is 2.74. The highest BCUT2D eigenvalue weighted by molar-refractivity contribution is 6.33. The lowest BCUT2D eigenvalue weighted by Gasteiger charge is -2.06. The largest absolute Gasteiger partial charge is 0.438 e. The number of aromatic nitrogens is 4. The molecular weight excluding hydrogens is 352 g/mol. The highest BCUT2D eigenvalue weighted by Crippen LogP contribution is 2.27. The van der Waals surface area contributed by atoms with E-state index in [1.165, 1.54) is 6.92 Å². The summed E-state index contributed by atoms with van der Waals surface area (Å²) in [6, 6.07) is 17.7. The minimum absolute atomic E-state index is 0.00460. The maximum Gasteiger partial charge on any atom is 0.237 e. The normalized spacial score (nSPS) is 10.8. The van der Waals surface area contributed by atoms with Gasteiger partial charge < -0.3 is 4.74 Å². The Balaban J connectivity index is 1.70. The summed E-state index contributed by atoms with van der Waals surface area (Å²) in [5.41, 5.74) is 1.94. The number of benzene rings is 2. The molecule has 0 aliphatic carbocycles. The lowest BCUT2D eigenvalue weighted by atomic mass is 10.1. The fraction of sp³-hybridized carbons (Fsp3) is 0.0526. The number of fused-ring (bicyclic) bond motifs is 1. The fourth-order valence-electron chi connectivity index (χ4n) is 2.52. The molecule has 0 aliphatic rings. The van der Waals surface area contributed by atoms with Gasteiger partial charge in [0, 0.05) is 17.2 Å². The Hall–Kier alpha value is -3.25. The van der Waals surface area contributed by atoms with Crippen LogP contribution in [0.2, 0.25) is 5.02 Å². The van der Waals surface area contributed by atoms with E-state index in [1.807, 2.05) is 18.2 Å². The summed E-state index contributed by atoms with van der Waals surface area (Å²) in [6.07, 6.45) is 0. The average molecular weight is 365 g/mol. The van der Waals surface area contributed by atoms with Crippen LogP contribution in [0.5, 0.6) is 11.6 Å². The Morgan fingerprint density at radius 1 is 1.00 bits per heavy atom. The van der Waals surface area contributed by atoms with Crippen molar-refractivity contribution in [3.63, 3.8) is 0 Å². The van der Waals surface area contributed by atoms with Gasteiger partial charge in [-0.2, -0.15) is 4.52 Å².